The Kier molecular flexibility index (Phi) is 6.60. The van der Waals surface area contributed by atoms with Crippen molar-refractivity contribution in [2.75, 3.05) is 18.6 Å². The molecule has 0 saturated carbocycles. The molecule has 1 aromatic carbocycles. The van der Waals surface area contributed by atoms with E-state index in [0.717, 1.165) is 30.0 Å². The van der Waals surface area contributed by atoms with Crippen LogP contribution in [0.25, 0.3) is 0 Å². The molecule has 100 valence electrons. The predicted molar refractivity (Wildman–Crippen MR) is 78.2 cm³/mol. The van der Waals surface area contributed by atoms with Gasteiger partial charge in [0.25, 0.3) is 0 Å². The molecule has 18 heavy (non-hydrogen) atoms. The summed E-state index contributed by atoms with van der Waals surface area (Å²) in [5, 5.41) is 15.0. The highest BCUT2D eigenvalue weighted by molar-refractivity contribution is 7.98. The zero-order chi connectivity index (χ0) is 13.4. The Morgan fingerprint density at radius 2 is 2.33 bits per heavy atom. The molecule has 0 fully saturated rings. The van der Waals surface area contributed by atoms with Gasteiger partial charge in [-0.15, -0.1) is 0 Å². The highest BCUT2D eigenvalue weighted by Gasteiger charge is 2.02. The van der Waals surface area contributed by atoms with E-state index in [0.29, 0.717) is 5.92 Å². The molecule has 5 heteroatoms. The molecule has 0 bridgehead atoms. The van der Waals surface area contributed by atoms with Crippen LogP contribution in [0.15, 0.2) is 29.4 Å². The van der Waals surface area contributed by atoms with Crippen molar-refractivity contribution >= 4 is 17.6 Å². The van der Waals surface area contributed by atoms with E-state index in [-0.39, 0.29) is 5.84 Å². The van der Waals surface area contributed by atoms with Crippen LogP contribution in [-0.4, -0.2) is 29.6 Å². The third-order valence-corrected chi connectivity index (χ3v) is 3.51. The summed E-state index contributed by atoms with van der Waals surface area (Å²) in [6.45, 7) is 4.02. The quantitative estimate of drug-likeness (QED) is 0.305. The molecule has 0 heterocycles. The van der Waals surface area contributed by atoms with Gasteiger partial charge < -0.3 is 16.3 Å². The molecule has 0 aliphatic carbocycles. The van der Waals surface area contributed by atoms with Gasteiger partial charge in [0.1, 0.15) is 0 Å². The molecule has 0 aliphatic heterocycles. The zero-order valence-electron chi connectivity index (χ0n) is 10.9. The molecule has 0 radical (unpaired) electrons. The van der Waals surface area contributed by atoms with Crippen molar-refractivity contribution in [3.63, 3.8) is 0 Å². The van der Waals surface area contributed by atoms with Gasteiger partial charge >= 0.3 is 0 Å². The fraction of sp³-hybridized carbons (Fsp3) is 0.462. The van der Waals surface area contributed by atoms with E-state index < -0.39 is 0 Å². The predicted octanol–water partition coefficient (Wildman–Crippen LogP) is 1.87. The van der Waals surface area contributed by atoms with E-state index in [4.69, 9.17) is 10.9 Å². The first-order valence-corrected chi connectivity index (χ1v) is 7.33. The van der Waals surface area contributed by atoms with Crippen LogP contribution < -0.4 is 11.1 Å². The molecule has 0 amide bonds. The van der Waals surface area contributed by atoms with Crippen LogP contribution in [0.4, 0.5) is 0 Å². The van der Waals surface area contributed by atoms with E-state index in [9.17, 15) is 0 Å². The summed E-state index contributed by atoms with van der Waals surface area (Å²) < 4.78 is 0. The number of rotatable bonds is 7. The Labute approximate surface area is 113 Å². The van der Waals surface area contributed by atoms with Crippen LogP contribution in [0.2, 0.25) is 0 Å². The van der Waals surface area contributed by atoms with Crippen molar-refractivity contribution in [1.82, 2.24) is 5.32 Å². The summed E-state index contributed by atoms with van der Waals surface area (Å²) in [6, 6.07) is 7.70. The molecule has 4 nitrogen and oxygen atoms in total. The Morgan fingerprint density at radius 3 is 3.00 bits per heavy atom. The van der Waals surface area contributed by atoms with E-state index in [1.807, 2.05) is 36.0 Å². The second-order valence-corrected chi connectivity index (χ2v) is 5.29. The molecule has 0 aliphatic rings. The van der Waals surface area contributed by atoms with Crippen LogP contribution >= 0.6 is 11.8 Å². The Balaban J connectivity index is 2.48. The Bertz CT molecular complexity index is 396. The molecule has 1 atom stereocenters. The van der Waals surface area contributed by atoms with Gasteiger partial charge in [-0.25, -0.2) is 0 Å². The van der Waals surface area contributed by atoms with E-state index in [1.165, 1.54) is 0 Å². The first-order chi connectivity index (χ1) is 8.67. The van der Waals surface area contributed by atoms with Crippen molar-refractivity contribution < 1.29 is 5.21 Å². The molecular formula is C13H21N3OS. The van der Waals surface area contributed by atoms with Gasteiger partial charge in [0.15, 0.2) is 5.84 Å². The normalized spacial score (nSPS) is 13.6. The van der Waals surface area contributed by atoms with Crippen molar-refractivity contribution in [1.29, 1.82) is 0 Å². The summed E-state index contributed by atoms with van der Waals surface area (Å²) in [6.07, 6.45) is 2.12. The molecule has 4 N–H and O–H groups in total. The van der Waals surface area contributed by atoms with Crippen LogP contribution in [0.5, 0.6) is 0 Å². The lowest BCUT2D eigenvalue weighted by atomic mass is 10.1. The number of benzene rings is 1. The van der Waals surface area contributed by atoms with Crippen LogP contribution in [0.3, 0.4) is 0 Å². The number of oxime groups is 1. The lowest BCUT2D eigenvalue weighted by molar-refractivity contribution is 0.318. The maximum absolute atomic E-state index is 8.63. The van der Waals surface area contributed by atoms with Gasteiger partial charge in [-0.05, 0) is 36.1 Å². The summed E-state index contributed by atoms with van der Waals surface area (Å²) in [5.74, 6) is 1.97. The van der Waals surface area contributed by atoms with Gasteiger partial charge in [0.05, 0.1) is 0 Å². The number of nitrogens with one attached hydrogen (secondary N) is 1. The van der Waals surface area contributed by atoms with Crippen molar-refractivity contribution in [2.45, 2.75) is 13.5 Å². The maximum atomic E-state index is 8.63. The van der Waals surface area contributed by atoms with E-state index >= 15 is 0 Å². The molecule has 0 aromatic heterocycles. The van der Waals surface area contributed by atoms with Crippen molar-refractivity contribution in [3.8, 4) is 0 Å². The fourth-order valence-corrected chi connectivity index (χ4v) is 2.39. The van der Waals surface area contributed by atoms with Crippen LogP contribution in [0, 0.1) is 5.92 Å². The van der Waals surface area contributed by atoms with Gasteiger partial charge in [-0.1, -0.05) is 30.3 Å². The summed E-state index contributed by atoms with van der Waals surface area (Å²) in [4.78, 5) is 0. The lowest BCUT2D eigenvalue weighted by Gasteiger charge is -2.11. The number of amidine groups is 1. The highest BCUT2D eigenvalue weighted by atomic mass is 32.2. The number of nitrogens with zero attached hydrogens (tertiary/aromatic N) is 1. The van der Waals surface area contributed by atoms with Gasteiger partial charge in [-0.3, -0.25) is 0 Å². The SMILES string of the molecule is CSCC(C)CNCc1cccc(C(N)=NO)c1. The first-order valence-electron chi connectivity index (χ1n) is 5.94. The molecule has 0 spiro atoms. The molecular weight excluding hydrogens is 246 g/mol. The number of hydrogen-bond donors (Lipinski definition) is 3. The third kappa shape index (κ3) is 4.98. The van der Waals surface area contributed by atoms with Crippen LogP contribution in [-0.2, 0) is 6.54 Å². The number of thioether (sulfide) groups is 1. The largest absolute Gasteiger partial charge is 0.409 e. The molecule has 1 rings (SSSR count). The highest BCUT2D eigenvalue weighted by Crippen LogP contribution is 2.06. The fourth-order valence-electron chi connectivity index (χ4n) is 1.70. The summed E-state index contributed by atoms with van der Waals surface area (Å²) in [5.41, 5.74) is 7.44. The van der Waals surface area contributed by atoms with Crippen molar-refractivity contribution in [3.05, 3.63) is 35.4 Å². The smallest absolute Gasteiger partial charge is 0.170 e. The van der Waals surface area contributed by atoms with Gasteiger partial charge in [0.2, 0.25) is 0 Å². The van der Waals surface area contributed by atoms with Gasteiger partial charge in [-0.2, -0.15) is 11.8 Å². The lowest BCUT2D eigenvalue weighted by Crippen LogP contribution is -2.22. The average molecular weight is 267 g/mol. The first kappa shape index (κ1) is 14.9. The topological polar surface area (TPSA) is 70.6 Å². The number of nitrogens with two attached hydrogens (primary N) is 1. The minimum Gasteiger partial charge on any atom is -0.409 e. The summed E-state index contributed by atoms with van der Waals surface area (Å²) >= 11 is 1.87. The number of hydrogen-bond acceptors (Lipinski definition) is 4. The maximum Gasteiger partial charge on any atom is 0.170 e. The summed E-state index contributed by atoms with van der Waals surface area (Å²) in [7, 11) is 0. The van der Waals surface area contributed by atoms with E-state index in [2.05, 4.69) is 23.7 Å². The standard InChI is InChI=1S/C13H21N3OS/c1-10(9-18-2)7-15-8-11-4-3-5-12(6-11)13(14)16-17/h3-6,10,15,17H,7-9H2,1-2H3,(H2,14,16). The monoisotopic (exact) mass is 267 g/mol. The Hall–Kier alpha value is -1.20. The van der Waals surface area contributed by atoms with Gasteiger partial charge in [0, 0.05) is 12.1 Å². The van der Waals surface area contributed by atoms with Crippen molar-refractivity contribution in [2.24, 2.45) is 16.8 Å². The van der Waals surface area contributed by atoms with Crippen LogP contribution in [0.1, 0.15) is 18.1 Å². The molecule has 0 saturated heterocycles. The minimum atomic E-state index is 0.146. The third-order valence-electron chi connectivity index (χ3n) is 2.60. The average Bonchev–Trinajstić information content (AvgIpc) is 2.38. The Morgan fingerprint density at radius 1 is 1.56 bits per heavy atom. The zero-order valence-corrected chi connectivity index (χ0v) is 11.7. The molecule has 1 aromatic rings. The minimum absolute atomic E-state index is 0.146. The molecule has 1 unspecified atom stereocenters. The second-order valence-electron chi connectivity index (χ2n) is 4.38. The van der Waals surface area contributed by atoms with E-state index in [1.54, 1.807) is 0 Å². The second kappa shape index (κ2) is 8.00.